The van der Waals surface area contributed by atoms with Crippen LogP contribution in [0, 0.1) is 0 Å². The van der Waals surface area contributed by atoms with Crippen LogP contribution >= 0.6 is 0 Å². The van der Waals surface area contributed by atoms with Gasteiger partial charge in [0.1, 0.15) is 18.0 Å². The van der Waals surface area contributed by atoms with Crippen LogP contribution in [0.2, 0.25) is 0 Å². The molecular weight excluding hydrogens is 252 g/mol. The van der Waals surface area contributed by atoms with Gasteiger partial charge in [0, 0.05) is 18.0 Å². The Morgan fingerprint density at radius 2 is 1.83 bits per heavy atom. The monoisotopic (exact) mass is 264 g/mol. The second-order valence-electron chi connectivity index (χ2n) is 3.75. The minimum Gasteiger partial charge on any atom is -0.384 e. The minimum atomic E-state index is -3.17. The number of aromatic nitrogens is 2. The van der Waals surface area contributed by atoms with Crippen molar-refractivity contribution in [1.29, 1.82) is 0 Å². The summed E-state index contributed by atoms with van der Waals surface area (Å²) in [6.45, 7) is 0. The van der Waals surface area contributed by atoms with Crippen LogP contribution in [0.3, 0.4) is 0 Å². The van der Waals surface area contributed by atoms with Gasteiger partial charge < -0.3 is 11.1 Å². The SMILES string of the molecule is CS(=O)(=O)c1ccc(Nc2cc(N)ncn2)cc1. The lowest BCUT2D eigenvalue weighted by molar-refractivity contribution is 0.602. The maximum atomic E-state index is 11.3. The van der Waals surface area contributed by atoms with E-state index >= 15 is 0 Å². The average molecular weight is 264 g/mol. The maximum absolute atomic E-state index is 11.3. The first kappa shape index (κ1) is 12.3. The molecule has 2 aromatic rings. The highest BCUT2D eigenvalue weighted by molar-refractivity contribution is 7.90. The Morgan fingerprint density at radius 3 is 2.39 bits per heavy atom. The topological polar surface area (TPSA) is 98.0 Å². The molecule has 1 heterocycles. The molecule has 18 heavy (non-hydrogen) atoms. The molecule has 0 saturated heterocycles. The van der Waals surface area contributed by atoms with Gasteiger partial charge in [-0.25, -0.2) is 18.4 Å². The fourth-order valence-corrected chi connectivity index (χ4v) is 2.00. The van der Waals surface area contributed by atoms with Crippen molar-refractivity contribution >= 4 is 27.2 Å². The summed E-state index contributed by atoms with van der Waals surface area (Å²) < 4.78 is 22.6. The Hall–Kier alpha value is -2.15. The van der Waals surface area contributed by atoms with E-state index in [4.69, 9.17) is 5.73 Å². The second kappa shape index (κ2) is 4.61. The van der Waals surface area contributed by atoms with Gasteiger partial charge in [-0.2, -0.15) is 0 Å². The van der Waals surface area contributed by atoms with E-state index in [1.807, 2.05) is 0 Å². The molecule has 2 rings (SSSR count). The van der Waals surface area contributed by atoms with E-state index < -0.39 is 9.84 Å². The van der Waals surface area contributed by atoms with Gasteiger partial charge in [-0.3, -0.25) is 0 Å². The number of nitrogens with zero attached hydrogens (tertiary/aromatic N) is 2. The number of anilines is 3. The molecule has 0 aliphatic rings. The van der Waals surface area contributed by atoms with Crippen molar-refractivity contribution in [3.8, 4) is 0 Å². The van der Waals surface area contributed by atoms with Crippen LogP contribution in [0.1, 0.15) is 0 Å². The van der Waals surface area contributed by atoms with E-state index in [9.17, 15) is 8.42 Å². The first-order valence-corrected chi connectivity index (χ1v) is 6.99. The van der Waals surface area contributed by atoms with Gasteiger partial charge in [0.15, 0.2) is 9.84 Å². The van der Waals surface area contributed by atoms with Crippen molar-refractivity contribution in [3.63, 3.8) is 0 Å². The third-order valence-electron chi connectivity index (χ3n) is 2.24. The summed E-state index contributed by atoms with van der Waals surface area (Å²) in [5.41, 5.74) is 6.25. The number of benzene rings is 1. The van der Waals surface area contributed by atoms with E-state index in [1.54, 1.807) is 18.2 Å². The van der Waals surface area contributed by atoms with E-state index in [0.29, 0.717) is 11.6 Å². The van der Waals surface area contributed by atoms with Crippen LogP contribution in [-0.4, -0.2) is 24.6 Å². The van der Waals surface area contributed by atoms with Gasteiger partial charge in [-0.15, -0.1) is 0 Å². The molecule has 0 radical (unpaired) electrons. The van der Waals surface area contributed by atoms with Crippen LogP contribution in [0.4, 0.5) is 17.3 Å². The van der Waals surface area contributed by atoms with Gasteiger partial charge in [0.2, 0.25) is 0 Å². The molecule has 1 aromatic carbocycles. The average Bonchev–Trinajstić information content (AvgIpc) is 2.28. The maximum Gasteiger partial charge on any atom is 0.175 e. The summed E-state index contributed by atoms with van der Waals surface area (Å²) in [7, 11) is -3.17. The van der Waals surface area contributed by atoms with E-state index in [0.717, 1.165) is 5.69 Å². The van der Waals surface area contributed by atoms with Gasteiger partial charge in [0.05, 0.1) is 4.90 Å². The van der Waals surface area contributed by atoms with Crippen LogP contribution in [0.25, 0.3) is 0 Å². The van der Waals surface area contributed by atoms with Crippen LogP contribution < -0.4 is 11.1 Å². The fourth-order valence-electron chi connectivity index (χ4n) is 1.37. The normalized spacial score (nSPS) is 11.2. The van der Waals surface area contributed by atoms with Gasteiger partial charge in [-0.05, 0) is 24.3 Å². The Morgan fingerprint density at radius 1 is 1.17 bits per heavy atom. The quantitative estimate of drug-likeness (QED) is 0.864. The summed E-state index contributed by atoms with van der Waals surface area (Å²) in [6.07, 6.45) is 2.52. The Labute approximate surface area is 105 Å². The number of hydrogen-bond acceptors (Lipinski definition) is 6. The largest absolute Gasteiger partial charge is 0.384 e. The van der Waals surface area contributed by atoms with Crippen LogP contribution in [-0.2, 0) is 9.84 Å². The Balaban J connectivity index is 2.21. The van der Waals surface area contributed by atoms with Crippen LogP contribution in [0.15, 0.2) is 41.6 Å². The lowest BCUT2D eigenvalue weighted by Crippen LogP contribution is -1.99. The molecule has 0 aliphatic carbocycles. The number of rotatable bonds is 3. The smallest absolute Gasteiger partial charge is 0.175 e. The highest BCUT2D eigenvalue weighted by Gasteiger charge is 2.06. The highest BCUT2D eigenvalue weighted by atomic mass is 32.2. The zero-order valence-electron chi connectivity index (χ0n) is 9.66. The number of hydrogen-bond donors (Lipinski definition) is 2. The third kappa shape index (κ3) is 2.95. The second-order valence-corrected chi connectivity index (χ2v) is 5.77. The molecule has 0 bridgehead atoms. The number of nitrogen functional groups attached to an aromatic ring is 1. The molecule has 0 atom stereocenters. The predicted molar refractivity (Wildman–Crippen MR) is 69.3 cm³/mol. The summed E-state index contributed by atoms with van der Waals surface area (Å²) in [5.74, 6) is 0.912. The summed E-state index contributed by atoms with van der Waals surface area (Å²) >= 11 is 0. The highest BCUT2D eigenvalue weighted by Crippen LogP contribution is 2.17. The molecule has 3 N–H and O–H groups in total. The third-order valence-corrected chi connectivity index (χ3v) is 3.37. The van der Waals surface area contributed by atoms with Crippen molar-refractivity contribution in [1.82, 2.24) is 9.97 Å². The van der Waals surface area contributed by atoms with E-state index in [2.05, 4.69) is 15.3 Å². The Bertz CT molecular complexity index is 653. The van der Waals surface area contributed by atoms with Gasteiger partial charge in [-0.1, -0.05) is 0 Å². The predicted octanol–water partition coefficient (Wildman–Crippen LogP) is 1.21. The summed E-state index contributed by atoms with van der Waals surface area (Å²) in [4.78, 5) is 8.03. The van der Waals surface area contributed by atoms with Crippen molar-refractivity contribution in [2.75, 3.05) is 17.3 Å². The van der Waals surface area contributed by atoms with Crippen molar-refractivity contribution in [2.24, 2.45) is 0 Å². The summed E-state index contributed by atoms with van der Waals surface area (Å²) in [6, 6.07) is 7.97. The molecule has 0 saturated carbocycles. The molecule has 0 amide bonds. The summed E-state index contributed by atoms with van der Waals surface area (Å²) in [5, 5.41) is 3.00. The van der Waals surface area contributed by atoms with E-state index in [1.165, 1.54) is 24.7 Å². The van der Waals surface area contributed by atoms with Gasteiger partial charge >= 0.3 is 0 Å². The van der Waals surface area contributed by atoms with Crippen molar-refractivity contribution in [2.45, 2.75) is 4.90 Å². The fraction of sp³-hybridized carbons (Fsp3) is 0.0909. The molecule has 6 nitrogen and oxygen atoms in total. The lowest BCUT2D eigenvalue weighted by atomic mass is 10.3. The zero-order chi connectivity index (χ0) is 13.2. The lowest BCUT2D eigenvalue weighted by Gasteiger charge is -2.06. The van der Waals surface area contributed by atoms with E-state index in [-0.39, 0.29) is 4.90 Å². The van der Waals surface area contributed by atoms with Gasteiger partial charge in [0.25, 0.3) is 0 Å². The van der Waals surface area contributed by atoms with Crippen LogP contribution in [0.5, 0.6) is 0 Å². The standard InChI is InChI=1S/C11H12N4O2S/c1-18(16,17)9-4-2-8(3-5-9)15-11-6-10(12)13-7-14-11/h2-7H,1H3,(H3,12,13,14,15). The Kier molecular flexibility index (Phi) is 3.15. The number of sulfone groups is 1. The first-order chi connectivity index (χ1) is 8.45. The minimum absolute atomic E-state index is 0.273. The molecule has 0 spiro atoms. The molecule has 0 aliphatic heterocycles. The molecule has 0 fully saturated rings. The van der Waals surface area contributed by atoms with Crippen molar-refractivity contribution < 1.29 is 8.42 Å². The molecule has 1 aromatic heterocycles. The molecular formula is C11H12N4O2S. The zero-order valence-corrected chi connectivity index (χ0v) is 10.5. The van der Waals surface area contributed by atoms with Crippen molar-refractivity contribution in [3.05, 3.63) is 36.7 Å². The molecule has 94 valence electrons. The molecule has 7 heteroatoms. The first-order valence-electron chi connectivity index (χ1n) is 5.10. The molecule has 0 unspecified atom stereocenters. The number of nitrogens with one attached hydrogen (secondary N) is 1. The number of nitrogens with two attached hydrogens (primary N) is 1.